The fraction of sp³-hybridized carbons (Fsp3) is 0.318. The molecule has 1 heterocycles. The second-order valence-corrected chi connectivity index (χ2v) is 7.84. The summed E-state index contributed by atoms with van der Waals surface area (Å²) in [5.41, 5.74) is 7.55. The van der Waals surface area contributed by atoms with Gasteiger partial charge in [0.2, 0.25) is 0 Å². The summed E-state index contributed by atoms with van der Waals surface area (Å²) in [6.07, 6.45) is 1.07. The number of hydrogen-bond acceptors (Lipinski definition) is 1. The van der Waals surface area contributed by atoms with Crippen LogP contribution in [0.3, 0.4) is 0 Å². The molecular formula is C22H25N. The highest BCUT2D eigenvalue weighted by atomic mass is 14.7. The fourth-order valence-corrected chi connectivity index (χ4v) is 3.17. The van der Waals surface area contributed by atoms with E-state index in [2.05, 4.69) is 83.1 Å². The highest BCUT2D eigenvalue weighted by molar-refractivity contribution is 5.82. The van der Waals surface area contributed by atoms with Crippen molar-refractivity contribution in [1.29, 1.82) is 0 Å². The van der Waals surface area contributed by atoms with Crippen molar-refractivity contribution >= 4 is 10.9 Å². The van der Waals surface area contributed by atoms with Crippen molar-refractivity contribution in [3.05, 3.63) is 65.2 Å². The summed E-state index contributed by atoms with van der Waals surface area (Å²) in [6.45, 7) is 11.1. The quantitative estimate of drug-likeness (QED) is 0.557. The normalized spacial score (nSPS) is 11.9. The zero-order chi connectivity index (χ0) is 16.6. The van der Waals surface area contributed by atoms with Gasteiger partial charge in [-0.2, -0.15) is 0 Å². The Balaban J connectivity index is 2.06. The van der Waals surface area contributed by atoms with E-state index in [1.54, 1.807) is 0 Å². The van der Waals surface area contributed by atoms with E-state index in [1.807, 2.05) is 0 Å². The average molecular weight is 303 g/mol. The van der Waals surface area contributed by atoms with Crippen molar-refractivity contribution in [3.63, 3.8) is 0 Å². The number of fused-ring (bicyclic) bond motifs is 1. The Bertz CT molecular complexity index is 833. The molecule has 0 aliphatic rings. The van der Waals surface area contributed by atoms with E-state index in [0.29, 0.717) is 5.41 Å². The molecule has 0 fully saturated rings. The molecule has 1 heteroatoms. The third-order valence-electron chi connectivity index (χ3n) is 4.01. The Morgan fingerprint density at radius 1 is 0.826 bits per heavy atom. The maximum atomic E-state index is 4.92. The van der Waals surface area contributed by atoms with Gasteiger partial charge in [-0.25, -0.2) is 4.98 Å². The van der Waals surface area contributed by atoms with Crippen LogP contribution in [-0.2, 0) is 6.42 Å². The Morgan fingerprint density at radius 2 is 1.48 bits per heavy atom. The summed E-state index contributed by atoms with van der Waals surface area (Å²) in [5.74, 6) is 0. The van der Waals surface area contributed by atoms with Crippen LogP contribution in [0.15, 0.2) is 48.5 Å². The minimum absolute atomic E-state index is 0.291. The minimum atomic E-state index is 0.291. The van der Waals surface area contributed by atoms with Gasteiger partial charge in [-0.15, -0.1) is 0 Å². The van der Waals surface area contributed by atoms with E-state index in [9.17, 15) is 0 Å². The summed E-state index contributed by atoms with van der Waals surface area (Å²) >= 11 is 0. The Labute approximate surface area is 139 Å². The van der Waals surface area contributed by atoms with Gasteiger partial charge in [0.05, 0.1) is 11.2 Å². The third kappa shape index (κ3) is 3.79. The van der Waals surface area contributed by atoms with E-state index in [4.69, 9.17) is 4.98 Å². The van der Waals surface area contributed by atoms with E-state index < -0.39 is 0 Å². The number of benzene rings is 2. The molecule has 23 heavy (non-hydrogen) atoms. The maximum Gasteiger partial charge on any atom is 0.0712 e. The lowest BCUT2D eigenvalue weighted by Gasteiger charge is -2.18. The smallest absolute Gasteiger partial charge is 0.0712 e. The maximum absolute atomic E-state index is 4.92. The van der Waals surface area contributed by atoms with E-state index in [0.717, 1.165) is 17.6 Å². The van der Waals surface area contributed by atoms with E-state index >= 15 is 0 Å². The van der Waals surface area contributed by atoms with Gasteiger partial charge in [0.1, 0.15) is 0 Å². The lowest BCUT2D eigenvalue weighted by molar-refractivity contribution is 0.411. The summed E-state index contributed by atoms with van der Waals surface area (Å²) in [7, 11) is 0. The van der Waals surface area contributed by atoms with Gasteiger partial charge in [-0.05, 0) is 55.5 Å². The van der Waals surface area contributed by atoms with Crippen molar-refractivity contribution < 1.29 is 0 Å². The van der Waals surface area contributed by atoms with Crippen LogP contribution < -0.4 is 0 Å². The molecule has 118 valence electrons. The second kappa shape index (κ2) is 5.81. The van der Waals surface area contributed by atoms with Gasteiger partial charge in [0.25, 0.3) is 0 Å². The lowest BCUT2D eigenvalue weighted by Crippen LogP contribution is -2.08. The molecular weight excluding hydrogens is 278 g/mol. The van der Waals surface area contributed by atoms with Crippen LogP contribution >= 0.6 is 0 Å². The molecule has 0 amide bonds. The number of rotatable bonds is 2. The number of nitrogens with zero attached hydrogens (tertiary/aromatic N) is 1. The van der Waals surface area contributed by atoms with Crippen LogP contribution in [0.2, 0.25) is 0 Å². The predicted octanol–water partition coefficient (Wildman–Crippen LogP) is 6.11. The average Bonchev–Trinajstić information content (AvgIpc) is 2.43. The zero-order valence-electron chi connectivity index (χ0n) is 14.8. The standard InChI is InChI=1S/C22H25N/c1-15-10-16(2)12-19(11-15)20-9-8-18-7-6-17(13-21(18)23-20)14-22(3,4)5/h6-13H,14H2,1-5H3. The van der Waals surface area contributed by atoms with Crippen molar-refractivity contribution in [2.45, 2.75) is 41.0 Å². The molecule has 0 N–H and O–H groups in total. The first-order chi connectivity index (χ1) is 10.8. The summed E-state index contributed by atoms with van der Waals surface area (Å²) in [6, 6.07) is 17.6. The molecule has 2 aromatic carbocycles. The van der Waals surface area contributed by atoms with Crippen molar-refractivity contribution in [3.8, 4) is 11.3 Å². The lowest BCUT2D eigenvalue weighted by atomic mass is 9.88. The van der Waals surface area contributed by atoms with Gasteiger partial charge in [-0.3, -0.25) is 0 Å². The number of aromatic nitrogens is 1. The van der Waals surface area contributed by atoms with Crippen molar-refractivity contribution in [2.24, 2.45) is 5.41 Å². The molecule has 3 rings (SSSR count). The number of hydrogen-bond donors (Lipinski definition) is 0. The first kappa shape index (κ1) is 15.7. The molecule has 0 bridgehead atoms. The van der Waals surface area contributed by atoms with Crippen LogP contribution in [0.1, 0.15) is 37.5 Å². The van der Waals surface area contributed by atoms with E-state index in [-0.39, 0.29) is 0 Å². The van der Waals surface area contributed by atoms with Crippen LogP contribution in [0.4, 0.5) is 0 Å². The SMILES string of the molecule is Cc1cc(C)cc(-c2ccc3ccc(CC(C)(C)C)cc3n2)c1. The number of pyridine rings is 1. The molecule has 0 aliphatic carbocycles. The summed E-state index contributed by atoms with van der Waals surface area (Å²) < 4.78 is 0. The molecule has 0 spiro atoms. The molecule has 1 aromatic heterocycles. The first-order valence-electron chi connectivity index (χ1n) is 8.29. The number of aryl methyl sites for hydroxylation is 2. The highest BCUT2D eigenvalue weighted by Crippen LogP contribution is 2.26. The Kier molecular flexibility index (Phi) is 3.97. The molecule has 0 unspecified atom stereocenters. The van der Waals surface area contributed by atoms with Crippen LogP contribution in [0.5, 0.6) is 0 Å². The zero-order valence-corrected chi connectivity index (χ0v) is 14.8. The largest absolute Gasteiger partial charge is 0.248 e. The van der Waals surface area contributed by atoms with Crippen molar-refractivity contribution in [1.82, 2.24) is 4.98 Å². The van der Waals surface area contributed by atoms with Gasteiger partial charge < -0.3 is 0 Å². The second-order valence-electron chi connectivity index (χ2n) is 7.84. The minimum Gasteiger partial charge on any atom is -0.248 e. The summed E-state index contributed by atoms with van der Waals surface area (Å²) in [5, 5.41) is 1.20. The Hall–Kier alpha value is -2.15. The topological polar surface area (TPSA) is 12.9 Å². The molecule has 0 saturated carbocycles. The first-order valence-corrected chi connectivity index (χ1v) is 8.29. The van der Waals surface area contributed by atoms with Crippen molar-refractivity contribution in [2.75, 3.05) is 0 Å². The monoisotopic (exact) mass is 303 g/mol. The molecule has 0 radical (unpaired) electrons. The van der Waals surface area contributed by atoms with Gasteiger partial charge in [0, 0.05) is 10.9 Å². The van der Waals surface area contributed by atoms with E-state index in [1.165, 1.54) is 27.6 Å². The molecule has 0 atom stereocenters. The Morgan fingerprint density at radius 3 is 2.13 bits per heavy atom. The van der Waals surface area contributed by atoms with Crippen LogP contribution in [-0.4, -0.2) is 4.98 Å². The molecule has 1 nitrogen and oxygen atoms in total. The molecule has 0 saturated heterocycles. The third-order valence-corrected chi connectivity index (χ3v) is 4.01. The van der Waals surface area contributed by atoms with Crippen LogP contribution in [0, 0.1) is 19.3 Å². The highest BCUT2D eigenvalue weighted by Gasteiger charge is 2.12. The fourth-order valence-electron chi connectivity index (χ4n) is 3.17. The van der Waals surface area contributed by atoms with Gasteiger partial charge in [-0.1, -0.05) is 56.2 Å². The van der Waals surface area contributed by atoms with Gasteiger partial charge >= 0.3 is 0 Å². The molecule has 0 aliphatic heterocycles. The molecule has 3 aromatic rings. The predicted molar refractivity (Wildman–Crippen MR) is 99.8 cm³/mol. The summed E-state index contributed by atoms with van der Waals surface area (Å²) in [4.78, 5) is 4.92. The van der Waals surface area contributed by atoms with Gasteiger partial charge in [0.15, 0.2) is 0 Å². The van der Waals surface area contributed by atoms with Crippen LogP contribution in [0.25, 0.3) is 22.2 Å².